The molecule has 198 valence electrons. The number of hydrogen-bond acceptors (Lipinski definition) is 0. The fourth-order valence-corrected chi connectivity index (χ4v) is 7.72. The van der Waals surface area contributed by atoms with E-state index in [0.29, 0.717) is 0 Å². The summed E-state index contributed by atoms with van der Waals surface area (Å²) >= 11 is 0. The fraction of sp³-hybridized carbons (Fsp3) is 0. The molecular formula is C40H23N3. The number of aromatic amines is 3. The number of H-pyrrole nitrogens is 3. The number of rotatable bonds is 0. The van der Waals surface area contributed by atoms with Gasteiger partial charge in [0.2, 0.25) is 0 Å². The highest BCUT2D eigenvalue weighted by Gasteiger charge is 2.16. The first kappa shape index (κ1) is 21.9. The second-order valence-corrected chi connectivity index (χ2v) is 12.1. The highest BCUT2D eigenvalue weighted by atomic mass is 14.7. The summed E-state index contributed by atoms with van der Waals surface area (Å²) in [5, 5.41) is 17.8. The largest absolute Gasteiger partial charge is 0.354 e. The summed E-state index contributed by atoms with van der Waals surface area (Å²) in [4.78, 5) is 11.2. The van der Waals surface area contributed by atoms with Crippen molar-refractivity contribution in [3.05, 3.63) is 121 Å². The van der Waals surface area contributed by atoms with E-state index in [4.69, 9.17) is 0 Å². The van der Waals surface area contributed by atoms with Crippen LogP contribution in [0.15, 0.2) is 121 Å². The van der Waals surface area contributed by atoms with Gasteiger partial charge in [-0.25, -0.2) is 0 Å². The Morgan fingerprint density at radius 2 is 0.651 bits per heavy atom. The van der Waals surface area contributed by atoms with Crippen LogP contribution in [-0.4, -0.2) is 15.0 Å². The quantitative estimate of drug-likeness (QED) is 0.159. The predicted octanol–water partition coefficient (Wildman–Crippen LogP) is 11.2. The number of hydrogen-bond donors (Lipinski definition) is 3. The van der Waals surface area contributed by atoms with Crippen molar-refractivity contribution >= 4 is 109 Å². The zero-order valence-electron chi connectivity index (χ0n) is 23.0. The van der Waals surface area contributed by atoms with Gasteiger partial charge in [-0.05, 0) is 104 Å². The predicted molar refractivity (Wildman–Crippen MR) is 185 cm³/mol. The van der Waals surface area contributed by atoms with E-state index in [9.17, 15) is 0 Å². The van der Waals surface area contributed by atoms with Gasteiger partial charge in [-0.3, -0.25) is 0 Å². The molecule has 0 radical (unpaired) electrons. The highest BCUT2D eigenvalue weighted by Crippen LogP contribution is 2.41. The molecule has 0 bridgehead atoms. The van der Waals surface area contributed by atoms with Crippen LogP contribution in [0.3, 0.4) is 0 Å². The van der Waals surface area contributed by atoms with Crippen molar-refractivity contribution in [2.45, 2.75) is 0 Å². The molecule has 3 heterocycles. The minimum Gasteiger partial charge on any atom is -0.354 e. The minimum atomic E-state index is 1.15. The molecule has 0 aliphatic heterocycles. The molecule has 0 amide bonds. The van der Waals surface area contributed by atoms with E-state index in [1.165, 1.54) is 86.4 Å². The standard InChI is InChI=1S/C40H23N3/c1-3-7-23-15-27-25(13-21(23)5-1)9-11-33-39(27)31-17-29-30-18-32-38(20-36(30)43-35(29)19-37(31)41-33)42-34-12-10-26-14-22-6-2-4-8-24(22)16-28(26)40(32)34/h1-20,41-43H. The molecule has 0 aliphatic rings. The van der Waals surface area contributed by atoms with Gasteiger partial charge >= 0.3 is 0 Å². The van der Waals surface area contributed by atoms with Gasteiger partial charge in [0.25, 0.3) is 0 Å². The van der Waals surface area contributed by atoms with Gasteiger partial charge < -0.3 is 15.0 Å². The Labute approximate surface area is 244 Å². The average molecular weight is 546 g/mol. The van der Waals surface area contributed by atoms with Crippen LogP contribution in [0, 0.1) is 0 Å². The maximum atomic E-state index is 3.73. The lowest BCUT2D eigenvalue weighted by Gasteiger charge is -2.05. The Balaban J connectivity index is 1.25. The van der Waals surface area contributed by atoms with E-state index >= 15 is 0 Å². The van der Waals surface area contributed by atoms with Crippen LogP contribution in [0.2, 0.25) is 0 Å². The van der Waals surface area contributed by atoms with E-state index in [0.717, 1.165) is 22.1 Å². The van der Waals surface area contributed by atoms with Crippen molar-refractivity contribution in [1.82, 2.24) is 15.0 Å². The summed E-state index contributed by atoms with van der Waals surface area (Å²) < 4.78 is 0. The van der Waals surface area contributed by atoms with E-state index < -0.39 is 0 Å². The number of benzene rings is 8. The molecule has 11 rings (SSSR count). The van der Waals surface area contributed by atoms with Gasteiger partial charge in [-0.15, -0.1) is 0 Å². The molecule has 0 aliphatic carbocycles. The Morgan fingerprint density at radius 1 is 0.256 bits per heavy atom. The van der Waals surface area contributed by atoms with Gasteiger partial charge in [0.15, 0.2) is 0 Å². The van der Waals surface area contributed by atoms with E-state index in [2.05, 4.69) is 136 Å². The summed E-state index contributed by atoms with van der Waals surface area (Å²) in [7, 11) is 0. The molecule has 0 unspecified atom stereocenters. The molecule has 3 aromatic heterocycles. The van der Waals surface area contributed by atoms with Crippen LogP contribution in [-0.2, 0) is 0 Å². The fourth-order valence-electron chi connectivity index (χ4n) is 7.72. The van der Waals surface area contributed by atoms with Crippen LogP contribution in [0.1, 0.15) is 0 Å². The molecule has 8 aromatic carbocycles. The third-order valence-electron chi connectivity index (χ3n) is 9.72. The molecule has 0 saturated carbocycles. The van der Waals surface area contributed by atoms with Crippen molar-refractivity contribution in [3.8, 4) is 0 Å². The zero-order valence-corrected chi connectivity index (χ0v) is 23.0. The lowest BCUT2D eigenvalue weighted by atomic mass is 9.98. The third kappa shape index (κ3) is 2.84. The summed E-state index contributed by atoms with van der Waals surface area (Å²) in [5.74, 6) is 0. The van der Waals surface area contributed by atoms with Crippen molar-refractivity contribution in [2.24, 2.45) is 0 Å². The normalized spacial score (nSPS) is 12.7. The first-order chi connectivity index (χ1) is 21.2. The Hall–Kier alpha value is -5.80. The minimum absolute atomic E-state index is 1.15. The topological polar surface area (TPSA) is 47.4 Å². The second-order valence-electron chi connectivity index (χ2n) is 12.1. The first-order valence-electron chi connectivity index (χ1n) is 14.8. The Bertz CT molecular complexity index is 2800. The van der Waals surface area contributed by atoms with Crippen LogP contribution in [0.5, 0.6) is 0 Å². The smallest absolute Gasteiger partial charge is 0.0486 e. The second kappa shape index (κ2) is 7.53. The molecule has 0 atom stereocenters. The van der Waals surface area contributed by atoms with Crippen molar-refractivity contribution in [3.63, 3.8) is 0 Å². The maximum Gasteiger partial charge on any atom is 0.0486 e. The highest BCUT2D eigenvalue weighted by molar-refractivity contribution is 6.28. The van der Waals surface area contributed by atoms with Gasteiger partial charge in [0.1, 0.15) is 0 Å². The molecule has 0 fully saturated rings. The van der Waals surface area contributed by atoms with Crippen LogP contribution < -0.4 is 0 Å². The van der Waals surface area contributed by atoms with Crippen molar-refractivity contribution in [2.75, 3.05) is 0 Å². The van der Waals surface area contributed by atoms with Crippen LogP contribution >= 0.6 is 0 Å². The molecule has 3 N–H and O–H groups in total. The summed E-state index contributed by atoms with van der Waals surface area (Å²) in [6, 6.07) is 44.9. The number of aromatic nitrogens is 3. The van der Waals surface area contributed by atoms with E-state index in [-0.39, 0.29) is 0 Å². The van der Waals surface area contributed by atoms with Gasteiger partial charge in [-0.1, -0.05) is 60.7 Å². The number of fused-ring (bicyclic) bond motifs is 15. The molecule has 11 aromatic rings. The Morgan fingerprint density at radius 3 is 1.12 bits per heavy atom. The molecule has 0 spiro atoms. The molecule has 0 saturated heterocycles. The molecule has 3 nitrogen and oxygen atoms in total. The molecule has 3 heteroatoms. The SMILES string of the molecule is c1ccc2cc3c(ccc4[nH]c5cc6[nH]c7cc8[nH]c9ccc%10cc%11ccccc%11cc%10c9c8cc7c6cc5c43)cc2c1. The van der Waals surface area contributed by atoms with Crippen LogP contribution in [0.25, 0.3) is 109 Å². The van der Waals surface area contributed by atoms with Gasteiger partial charge in [-0.2, -0.15) is 0 Å². The number of nitrogens with one attached hydrogen (secondary N) is 3. The average Bonchev–Trinajstić information content (AvgIpc) is 3.70. The molecular weight excluding hydrogens is 522 g/mol. The van der Waals surface area contributed by atoms with Crippen LogP contribution in [0.4, 0.5) is 0 Å². The van der Waals surface area contributed by atoms with Crippen molar-refractivity contribution < 1.29 is 0 Å². The lowest BCUT2D eigenvalue weighted by Crippen LogP contribution is -1.78. The summed E-state index contributed by atoms with van der Waals surface area (Å²) in [6.07, 6.45) is 0. The third-order valence-corrected chi connectivity index (χ3v) is 9.72. The summed E-state index contributed by atoms with van der Waals surface area (Å²) in [5.41, 5.74) is 6.96. The van der Waals surface area contributed by atoms with E-state index in [1.807, 2.05) is 0 Å². The maximum absolute atomic E-state index is 3.73. The van der Waals surface area contributed by atoms with E-state index in [1.54, 1.807) is 0 Å². The summed E-state index contributed by atoms with van der Waals surface area (Å²) in [6.45, 7) is 0. The van der Waals surface area contributed by atoms with Gasteiger partial charge in [0.05, 0.1) is 0 Å². The Kier molecular flexibility index (Phi) is 3.83. The van der Waals surface area contributed by atoms with Gasteiger partial charge in [0, 0.05) is 65.4 Å². The monoisotopic (exact) mass is 545 g/mol. The first-order valence-corrected chi connectivity index (χ1v) is 14.8. The molecule has 43 heavy (non-hydrogen) atoms. The lowest BCUT2D eigenvalue weighted by molar-refractivity contribution is 1.52. The van der Waals surface area contributed by atoms with Crippen molar-refractivity contribution in [1.29, 1.82) is 0 Å². The zero-order chi connectivity index (χ0) is 27.8.